The van der Waals surface area contributed by atoms with Crippen LogP contribution in [0.1, 0.15) is 0 Å². The lowest BCUT2D eigenvalue weighted by Crippen LogP contribution is -2.17. The van der Waals surface area contributed by atoms with Crippen LogP contribution >= 0.6 is 0 Å². The molecule has 0 saturated heterocycles. The van der Waals surface area contributed by atoms with Crippen LogP contribution < -0.4 is 10.5 Å². The van der Waals surface area contributed by atoms with Crippen molar-refractivity contribution in [2.45, 2.75) is 6.36 Å². The molecule has 110 valence electrons. The lowest BCUT2D eigenvalue weighted by molar-refractivity contribution is -0.384. The molecule has 1 aromatic carbocycles. The first-order valence-corrected chi connectivity index (χ1v) is 5.52. The van der Waals surface area contributed by atoms with Crippen LogP contribution in [0.25, 0.3) is 11.1 Å². The van der Waals surface area contributed by atoms with E-state index >= 15 is 0 Å². The molecule has 0 unspecified atom stereocenters. The Kier molecular flexibility index (Phi) is 3.66. The van der Waals surface area contributed by atoms with Crippen molar-refractivity contribution in [3.8, 4) is 16.9 Å². The minimum atomic E-state index is -4.82. The predicted octanol–water partition coefficient (Wildman–Crippen LogP) is 3.14. The van der Waals surface area contributed by atoms with Crippen LogP contribution in [0.4, 0.5) is 24.7 Å². The van der Waals surface area contributed by atoms with E-state index in [2.05, 4.69) is 9.72 Å². The zero-order valence-electron chi connectivity index (χ0n) is 10.3. The maximum atomic E-state index is 12.2. The Morgan fingerprint density at radius 2 is 1.95 bits per heavy atom. The van der Waals surface area contributed by atoms with E-state index in [0.717, 1.165) is 18.2 Å². The average molecular weight is 299 g/mol. The summed E-state index contributed by atoms with van der Waals surface area (Å²) < 4.78 is 40.3. The third-order valence-corrected chi connectivity index (χ3v) is 2.50. The highest BCUT2D eigenvalue weighted by molar-refractivity contribution is 5.70. The summed E-state index contributed by atoms with van der Waals surface area (Å²) in [5, 5.41) is 10.8. The Bertz CT molecular complexity index is 689. The zero-order valence-corrected chi connectivity index (χ0v) is 10.3. The van der Waals surface area contributed by atoms with Gasteiger partial charge in [0, 0.05) is 17.8 Å². The third kappa shape index (κ3) is 3.59. The van der Waals surface area contributed by atoms with E-state index < -0.39 is 22.7 Å². The number of hydrogen-bond acceptors (Lipinski definition) is 5. The number of nitrogen functional groups attached to an aromatic ring is 1. The van der Waals surface area contributed by atoms with Crippen molar-refractivity contribution in [2.24, 2.45) is 0 Å². The molecule has 2 N–H and O–H groups in total. The molecule has 0 saturated carbocycles. The first-order chi connectivity index (χ1) is 9.76. The molecular weight excluding hydrogens is 291 g/mol. The highest BCUT2D eigenvalue weighted by atomic mass is 19.4. The van der Waals surface area contributed by atoms with Gasteiger partial charge in [0.25, 0.3) is 0 Å². The lowest BCUT2D eigenvalue weighted by Gasteiger charge is -2.10. The highest BCUT2D eigenvalue weighted by Crippen LogP contribution is 2.30. The van der Waals surface area contributed by atoms with Gasteiger partial charge in [-0.1, -0.05) is 12.1 Å². The molecule has 0 spiro atoms. The molecule has 0 aliphatic heterocycles. The molecule has 6 nitrogen and oxygen atoms in total. The van der Waals surface area contributed by atoms with Gasteiger partial charge in [-0.25, -0.2) is 4.98 Å². The van der Waals surface area contributed by atoms with Crippen molar-refractivity contribution in [3.05, 3.63) is 46.6 Å². The first-order valence-electron chi connectivity index (χ1n) is 5.52. The fourth-order valence-corrected chi connectivity index (χ4v) is 1.64. The smallest absolute Gasteiger partial charge is 0.406 e. The Hall–Kier alpha value is -2.84. The van der Waals surface area contributed by atoms with E-state index in [1.165, 1.54) is 18.3 Å². The standard InChI is InChI=1S/C12H8F3N3O3/c13-12(14,15)21-9-3-1-2-7(4-9)8-5-10(18(19)20)11(16)17-6-8/h1-6H,(H2,16,17). The molecule has 1 heterocycles. The van der Waals surface area contributed by atoms with Gasteiger partial charge in [0.1, 0.15) is 5.75 Å². The summed E-state index contributed by atoms with van der Waals surface area (Å²) in [5.41, 5.74) is 5.47. The Morgan fingerprint density at radius 3 is 2.57 bits per heavy atom. The number of hydrogen-bond donors (Lipinski definition) is 1. The number of nitrogens with two attached hydrogens (primary N) is 1. The second kappa shape index (κ2) is 5.27. The van der Waals surface area contributed by atoms with E-state index in [1.54, 1.807) is 0 Å². The van der Waals surface area contributed by atoms with Gasteiger partial charge in [-0.3, -0.25) is 10.1 Å². The molecule has 21 heavy (non-hydrogen) atoms. The molecule has 2 aromatic rings. The summed E-state index contributed by atoms with van der Waals surface area (Å²) in [6.07, 6.45) is -3.58. The summed E-state index contributed by atoms with van der Waals surface area (Å²) in [6.45, 7) is 0. The Morgan fingerprint density at radius 1 is 1.24 bits per heavy atom. The molecule has 0 aliphatic rings. The minimum Gasteiger partial charge on any atom is -0.406 e. The summed E-state index contributed by atoms with van der Waals surface area (Å²) in [4.78, 5) is 13.7. The molecule has 0 bridgehead atoms. The van der Waals surface area contributed by atoms with Crippen molar-refractivity contribution < 1.29 is 22.8 Å². The van der Waals surface area contributed by atoms with Gasteiger partial charge < -0.3 is 10.5 Å². The highest BCUT2D eigenvalue weighted by Gasteiger charge is 2.31. The quantitative estimate of drug-likeness (QED) is 0.694. The first kappa shape index (κ1) is 14.6. The topological polar surface area (TPSA) is 91.3 Å². The molecule has 1 aromatic heterocycles. The van der Waals surface area contributed by atoms with E-state index in [0.29, 0.717) is 0 Å². The Labute approximate surface area is 116 Å². The van der Waals surface area contributed by atoms with Gasteiger partial charge in [-0.2, -0.15) is 0 Å². The summed E-state index contributed by atoms with van der Waals surface area (Å²) in [5.74, 6) is -0.703. The number of alkyl halides is 3. The molecule has 9 heteroatoms. The number of nitrogens with zero attached hydrogens (tertiary/aromatic N) is 2. The molecular formula is C12H8F3N3O3. The van der Waals surface area contributed by atoms with Crippen LogP contribution in [0.15, 0.2) is 36.5 Å². The monoisotopic (exact) mass is 299 g/mol. The molecule has 0 radical (unpaired) electrons. The van der Waals surface area contributed by atoms with Gasteiger partial charge in [-0.15, -0.1) is 13.2 Å². The van der Waals surface area contributed by atoms with E-state index in [9.17, 15) is 23.3 Å². The number of halogens is 3. The maximum absolute atomic E-state index is 12.2. The van der Waals surface area contributed by atoms with Crippen LogP contribution in [-0.4, -0.2) is 16.3 Å². The SMILES string of the molecule is Nc1ncc(-c2cccc(OC(F)(F)F)c2)cc1[N+](=O)[O-]. The van der Waals surface area contributed by atoms with Crippen molar-refractivity contribution in [1.29, 1.82) is 0 Å². The number of aromatic nitrogens is 1. The van der Waals surface area contributed by atoms with Crippen molar-refractivity contribution >= 4 is 11.5 Å². The molecule has 0 atom stereocenters. The van der Waals surface area contributed by atoms with Crippen LogP contribution in [0.3, 0.4) is 0 Å². The van der Waals surface area contributed by atoms with Gasteiger partial charge in [0.05, 0.1) is 4.92 Å². The molecule has 0 amide bonds. The summed E-state index contributed by atoms with van der Waals surface area (Å²) in [7, 11) is 0. The fraction of sp³-hybridized carbons (Fsp3) is 0.0833. The van der Waals surface area contributed by atoms with Gasteiger partial charge in [0.2, 0.25) is 5.82 Å². The van der Waals surface area contributed by atoms with E-state index in [4.69, 9.17) is 5.73 Å². The number of nitro groups is 1. The number of pyridine rings is 1. The Balaban J connectivity index is 2.41. The van der Waals surface area contributed by atoms with E-state index in [-0.39, 0.29) is 16.9 Å². The number of ether oxygens (including phenoxy) is 1. The van der Waals surface area contributed by atoms with Crippen LogP contribution in [-0.2, 0) is 0 Å². The maximum Gasteiger partial charge on any atom is 0.573 e. The van der Waals surface area contributed by atoms with Crippen molar-refractivity contribution in [2.75, 3.05) is 5.73 Å². The van der Waals surface area contributed by atoms with E-state index in [1.807, 2.05) is 0 Å². The second-order valence-corrected chi connectivity index (χ2v) is 3.96. The molecule has 0 fully saturated rings. The van der Waals surface area contributed by atoms with Crippen LogP contribution in [0.5, 0.6) is 5.75 Å². The molecule has 2 rings (SSSR count). The predicted molar refractivity (Wildman–Crippen MR) is 67.4 cm³/mol. The lowest BCUT2D eigenvalue weighted by atomic mass is 10.1. The second-order valence-electron chi connectivity index (χ2n) is 3.96. The minimum absolute atomic E-state index is 0.253. The van der Waals surface area contributed by atoms with Gasteiger partial charge >= 0.3 is 12.0 Å². The largest absolute Gasteiger partial charge is 0.573 e. The number of benzene rings is 1. The van der Waals surface area contributed by atoms with Crippen molar-refractivity contribution in [3.63, 3.8) is 0 Å². The van der Waals surface area contributed by atoms with Crippen LogP contribution in [0, 0.1) is 10.1 Å². The average Bonchev–Trinajstić information content (AvgIpc) is 2.37. The van der Waals surface area contributed by atoms with Gasteiger partial charge in [-0.05, 0) is 17.7 Å². The zero-order chi connectivity index (χ0) is 15.6. The van der Waals surface area contributed by atoms with Crippen LogP contribution in [0.2, 0.25) is 0 Å². The third-order valence-electron chi connectivity index (χ3n) is 2.50. The number of rotatable bonds is 3. The summed E-state index contributed by atoms with van der Waals surface area (Å²) >= 11 is 0. The molecule has 0 aliphatic carbocycles. The number of anilines is 1. The fourth-order valence-electron chi connectivity index (χ4n) is 1.64. The summed E-state index contributed by atoms with van der Waals surface area (Å²) in [6, 6.07) is 6.16. The normalized spacial score (nSPS) is 11.2. The van der Waals surface area contributed by atoms with Crippen molar-refractivity contribution in [1.82, 2.24) is 4.98 Å². The van der Waals surface area contributed by atoms with Gasteiger partial charge in [0.15, 0.2) is 0 Å².